The number of hydrazine groups is 1. The van der Waals surface area contributed by atoms with Gasteiger partial charge in [0, 0.05) is 6.07 Å². The SMILES string of the molecule is Cc1ccc(OCC(=O)NNC(=O)C(C)Oc2ccccc2[N+](=O)[O-])cc1. The Bertz CT molecular complexity index is 822. The van der Waals surface area contributed by atoms with Crippen LogP contribution in [0.3, 0.4) is 0 Å². The fourth-order valence-corrected chi connectivity index (χ4v) is 2.00. The first-order valence-corrected chi connectivity index (χ1v) is 8.05. The van der Waals surface area contributed by atoms with Crippen LogP contribution in [0.25, 0.3) is 0 Å². The molecule has 0 aliphatic rings. The van der Waals surface area contributed by atoms with Gasteiger partial charge in [0.1, 0.15) is 5.75 Å². The van der Waals surface area contributed by atoms with E-state index >= 15 is 0 Å². The highest BCUT2D eigenvalue weighted by Gasteiger charge is 2.21. The standard InChI is InChI=1S/C18H19N3O6/c1-12-7-9-14(10-8-12)26-11-17(22)19-20-18(23)13(2)27-16-6-4-3-5-15(16)21(24)25/h3-10,13H,11H2,1-2H3,(H,19,22)(H,20,23). The number of aryl methyl sites for hydroxylation is 1. The summed E-state index contributed by atoms with van der Waals surface area (Å²) in [7, 11) is 0. The van der Waals surface area contributed by atoms with Crippen LogP contribution in [-0.2, 0) is 9.59 Å². The molecular formula is C18H19N3O6. The second-order valence-corrected chi connectivity index (χ2v) is 5.62. The molecule has 2 rings (SSSR count). The lowest BCUT2D eigenvalue weighted by Gasteiger charge is -2.15. The molecule has 9 nitrogen and oxygen atoms in total. The van der Waals surface area contributed by atoms with E-state index in [0.717, 1.165) is 5.56 Å². The number of rotatable bonds is 7. The first kappa shape index (κ1) is 19.7. The fraction of sp³-hybridized carbons (Fsp3) is 0.222. The average molecular weight is 373 g/mol. The molecule has 2 aromatic carbocycles. The molecule has 1 unspecified atom stereocenters. The first-order chi connectivity index (χ1) is 12.9. The molecule has 2 aromatic rings. The summed E-state index contributed by atoms with van der Waals surface area (Å²) >= 11 is 0. The van der Waals surface area contributed by atoms with Crippen LogP contribution in [0.15, 0.2) is 48.5 Å². The van der Waals surface area contributed by atoms with Crippen molar-refractivity contribution < 1.29 is 24.0 Å². The summed E-state index contributed by atoms with van der Waals surface area (Å²) in [5, 5.41) is 10.9. The zero-order valence-electron chi connectivity index (χ0n) is 14.8. The Labute approximate surface area is 155 Å². The zero-order chi connectivity index (χ0) is 19.8. The Morgan fingerprint density at radius 3 is 2.44 bits per heavy atom. The van der Waals surface area contributed by atoms with Gasteiger partial charge in [-0.3, -0.25) is 30.6 Å². The van der Waals surface area contributed by atoms with E-state index in [4.69, 9.17) is 9.47 Å². The van der Waals surface area contributed by atoms with Crippen LogP contribution in [0.4, 0.5) is 5.69 Å². The largest absolute Gasteiger partial charge is 0.484 e. The van der Waals surface area contributed by atoms with Gasteiger partial charge in [0.05, 0.1) is 4.92 Å². The van der Waals surface area contributed by atoms with E-state index in [1.54, 1.807) is 18.2 Å². The van der Waals surface area contributed by atoms with Crippen molar-refractivity contribution in [1.29, 1.82) is 0 Å². The molecule has 0 saturated heterocycles. The third kappa shape index (κ3) is 5.99. The molecule has 2 amide bonds. The van der Waals surface area contributed by atoms with Crippen LogP contribution < -0.4 is 20.3 Å². The highest BCUT2D eigenvalue weighted by Crippen LogP contribution is 2.26. The van der Waals surface area contributed by atoms with Crippen LogP contribution in [0.5, 0.6) is 11.5 Å². The summed E-state index contributed by atoms with van der Waals surface area (Å²) in [6.07, 6.45) is -1.07. The van der Waals surface area contributed by atoms with E-state index in [1.165, 1.54) is 25.1 Å². The Morgan fingerprint density at radius 1 is 1.11 bits per heavy atom. The van der Waals surface area contributed by atoms with Crippen molar-refractivity contribution in [3.8, 4) is 11.5 Å². The number of nitro benzene ring substituents is 1. The number of nitrogens with one attached hydrogen (secondary N) is 2. The number of nitro groups is 1. The summed E-state index contributed by atoms with van der Waals surface area (Å²) in [5.74, 6) is -0.756. The van der Waals surface area contributed by atoms with Crippen LogP contribution >= 0.6 is 0 Å². The van der Waals surface area contributed by atoms with Gasteiger partial charge in [-0.1, -0.05) is 29.8 Å². The molecule has 9 heteroatoms. The van der Waals surface area contributed by atoms with Crippen LogP contribution in [0.2, 0.25) is 0 Å². The first-order valence-electron chi connectivity index (χ1n) is 8.05. The molecule has 0 aliphatic heterocycles. The molecule has 0 aliphatic carbocycles. The van der Waals surface area contributed by atoms with Gasteiger partial charge in [0.2, 0.25) is 0 Å². The Hall–Kier alpha value is -3.62. The van der Waals surface area contributed by atoms with Gasteiger partial charge in [-0.05, 0) is 32.0 Å². The molecule has 0 radical (unpaired) electrons. The predicted octanol–water partition coefficient (Wildman–Crippen LogP) is 1.90. The molecule has 0 aromatic heterocycles. The third-order valence-corrected chi connectivity index (χ3v) is 3.45. The number of para-hydroxylation sites is 2. The maximum Gasteiger partial charge on any atom is 0.310 e. The summed E-state index contributed by atoms with van der Waals surface area (Å²) in [5.41, 5.74) is 5.18. The summed E-state index contributed by atoms with van der Waals surface area (Å²) in [6.45, 7) is 3.04. The molecule has 0 saturated carbocycles. The minimum absolute atomic E-state index is 0.0424. The Kier molecular flexibility index (Phi) is 6.70. The van der Waals surface area contributed by atoms with E-state index in [0.29, 0.717) is 5.75 Å². The van der Waals surface area contributed by atoms with Gasteiger partial charge < -0.3 is 9.47 Å². The number of benzene rings is 2. The lowest BCUT2D eigenvalue weighted by molar-refractivity contribution is -0.386. The summed E-state index contributed by atoms with van der Waals surface area (Å²) in [6, 6.07) is 12.8. The van der Waals surface area contributed by atoms with Crippen LogP contribution in [0.1, 0.15) is 12.5 Å². The van der Waals surface area contributed by atoms with Gasteiger partial charge in [-0.25, -0.2) is 0 Å². The predicted molar refractivity (Wildman–Crippen MR) is 96.1 cm³/mol. The van der Waals surface area contributed by atoms with Crippen molar-refractivity contribution >= 4 is 17.5 Å². The van der Waals surface area contributed by atoms with Crippen molar-refractivity contribution in [2.75, 3.05) is 6.61 Å². The van der Waals surface area contributed by atoms with E-state index in [1.807, 2.05) is 19.1 Å². The summed E-state index contributed by atoms with van der Waals surface area (Å²) in [4.78, 5) is 34.1. The molecule has 27 heavy (non-hydrogen) atoms. The molecular weight excluding hydrogens is 354 g/mol. The minimum Gasteiger partial charge on any atom is -0.484 e. The second-order valence-electron chi connectivity index (χ2n) is 5.62. The fourth-order valence-electron chi connectivity index (χ4n) is 2.00. The smallest absolute Gasteiger partial charge is 0.310 e. The van der Waals surface area contributed by atoms with Crippen LogP contribution in [0, 0.1) is 17.0 Å². The molecule has 0 bridgehead atoms. The number of hydrogen-bond acceptors (Lipinski definition) is 6. The molecule has 0 spiro atoms. The third-order valence-electron chi connectivity index (χ3n) is 3.45. The maximum atomic E-state index is 12.0. The number of carbonyl (C=O) groups is 2. The average Bonchev–Trinajstić information content (AvgIpc) is 2.65. The number of amides is 2. The zero-order valence-corrected chi connectivity index (χ0v) is 14.8. The highest BCUT2D eigenvalue weighted by atomic mass is 16.6. The van der Waals surface area contributed by atoms with E-state index in [9.17, 15) is 19.7 Å². The lowest BCUT2D eigenvalue weighted by atomic mass is 10.2. The Morgan fingerprint density at radius 2 is 1.78 bits per heavy atom. The van der Waals surface area contributed by atoms with Crippen molar-refractivity contribution in [3.05, 3.63) is 64.2 Å². The molecule has 142 valence electrons. The summed E-state index contributed by atoms with van der Waals surface area (Å²) < 4.78 is 10.6. The van der Waals surface area contributed by atoms with E-state index < -0.39 is 22.8 Å². The van der Waals surface area contributed by atoms with Gasteiger partial charge in [-0.15, -0.1) is 0 Å². The van der Waals surface area contributed by atoms with Gasteiger partial charge in [0.15, 0.2) is 18.5 Å². The molecule has 2 N–H and O–H groups in total. The number of ether oxygens (including phenoxy) is 2. The van der Waals surface area contributed by atoms with Crippen molar-refractivity contribution in [2.45, 2.75) is 20.0 Å². The van der Waals surface area contributed by atoms with Gasteiger partial charge in [0.25, 0.3) is 11.8 Å². The molecule has 1 atom stereocenters. The van der Waals surface area contributed by atoms with Crippen molar-refractivity contribution in [2.24, 2.45) is 0 Å². The lowest BCUT2D eigenvalue weighted by Crippen LogP contribution is -2.48. The van der Waals surface area contributed by atoms with Gasteiger partial charge >= 0.3 is 5.69 Å². The monoisotopic (exact) mass is 373 g/mol. The second kappa shape index (κ2) is 9.18. The molecule has 0 heterocycles. The molecule has 0 fully saturated rings. The maximum absolute atomic E-state index is 12.0. The number of hydrogen-bond donors (Lipinski definition) is 2. The number of nitrogens with zero attached hydrogens (tertiary/aromatic N) is 1. The van der Waals surface area contributed by atoms with E-state index in [2.05, 4.69) is 10.9 Å². The van der Waals surface area contributed by atoms with Crippen molar-refractivity contribution in [3.63, 3.8) is 0 Å². The van der Waals surface area contributed by atoms with Gasteiger partial charge in [-0.2, -0.15) is 0 Å². The highest BCUT2D eigenvalue weighted by molar-refractivity contribution is 5.85. The topological polar surface area (TPSA) is 120 Å². The van der Waals surface area contributed by atoms with Crippen molar-refractivity contribution in [1.82, 2.24) is 10.9 Å². The Balaban J connectivity index is 1.80. The van der Waals surface area contributed by atoms with E-state index in [-0.39, 0.29) is 18.0 Å². The normalized spacial score (nSPS) is 11.2. The van der Waals surface area contributed by atoms with Crippen LogP contribution in [-0.4, -0.2) is 29.4 Å². The quantitative estimate of drug-likeness (QED) is 0.565. The minimum atomic E-state index is -1.07. The number of carbonyl (C=O) groups excluding carboxylic acids is 2.